The Morgan fingerprint density at radius 1 is 1.09 bits per heavy atom. The van der Waals surface area contributed by atoms with Gasteiger partial charge in [-0.1, -0.05) is 49.8 Å². The highest BCUT2D eigenvalue weighted by molar-refractivity contribution is 6.12. The van der Waals surface area contributed by atoms with Crippen LogP contribution in [-0.2, 0) is 16.1 Å². The van der Waals surface area contributed by atoms with Crippen molar-refractivity contribution in [1.82, 2.24) is 15.1 Å². The highest BCUT2D eigenvalue weighted by atomic mass is 16.5. The molecule has 1 aliphatic carbocycles. The van der Waals surface area contributed by atoms with Gasteiger partial charge >= 0.3 is 5.97 Å². The number of esters is 1. The van der Waals surface area contributed by atoms with E-state index in [-0.39, 0.29) is 35.8 Å². The van der Waals surface area contributed by atoms with Crippen LogP contribution in [-0.4, -0.2) is 46.3 Å². The second kappa shape index (κ2) is 9.60. The van der Waals surface area contributed by atoms with Gasteiger partial charge in [-0.05, 0) is 45.2 Å². The van der Waals surface area contributed by atoms with Gasteiger partial charge in [-0.15, -0.1) is 0 Å². The number of nitrogens with one attached hydrogen (secondary N) is 1. The van der Waals surface area contributed by atoms with E-state index < -0.39 is 11.5 Å². The molecule has 2 aromatic rings. The Hall–Kier alpha value is -3.16. The van der Waals surface area contributed by atoms with Gasteiger partial charge in [-0.25, -0.2) is 4.79 Å². The Kier molecular flexibility index (Phi) is 6.77. The second-order valence-corrected chi connectivity index (χ2v) is 9.78. The minimum atomic E-state index is -1.22. The molecule has 1 aromatic heterocycles. The fraction of sp³-hybridized carbons (Fsp3) is 0.538. The average Bonchev–Trinajstić information content (AvgIpc) is 3.20. The monoisotopic (exact) mass is 466 g/mol. The van der Waals surface area contributed by atoms with E-state index in [0.717, 1.165) is 36.8 Å². The first-order valence-corrected chi connectivity index (χ1v) is 12.1. The van der Waals surface area contributed by atoms with Crippen molar-refractivity contribution in [3.63, 3.8) is 0 Å². The Bertz CT molecular complexity index is 1100. The molecular formula is C26H34N4O4. The topological polar surface area (TPSA) is 93.5 Å². The highest BCUT2D eigenvalue weighted by Gasteiger charge is 2.49. The minimum absolute atomic E-state index is 0.0519. The predicted octanol–water partition coefficient (Wildman–Crippen LogP) is 3.93. The molecular weight excluding hydrogens is 432 g/mol. The molecule has 4 rings (SSSR count). The molecule has 8 nitrogen and oxygen atoms in total. The fourth-order valence-corrected chi connectivity index (χ4v) is 5.16. The smallest absolute Gasteiger partial charge is 0.358 e. The molecule has 0 bridgehead atoms. The lowest BCUT2D eigenvalue weighted by atomic mass is 9.91. The van der Waals surface area contributed by atoms with E-state index in [9.17, 15) is 14.4 Å². The molecule has 2 amide bonds. The zero-order valence-corrected chi connectivity index (χ0v) is 20.5. The number of benzene rings is 1. The number of aryl methyl sites for hydroxylation is 2. The van der Waals surface area contributed by atoms with Gasteiger partial charge in [0.25, 0.3) is 5.91 Å². The first-order chi connectivity index (χ1) is 16.2. The van der Waals surface area contributed by atoms with Crippen molar-refractivity contribution < 1.29 is 19.1 Å². The summed E-state index contributed by atoms with van der Waals surface area (Å²) in [5.74, 6) is -1.18. The van der Waals surface area contributed by atoms with Crippen LogP contribution < -0.4 is 10.2 Å². The van der Waals surface area contributed by atoms with Crippen molar-refractivity contribution in [2.45, 2.75) is 83.8 Å². The molecule has 1 saturated carbocycles. The largest absolute Gasteiger partial charge is 0.464 e. The van der Waals surface area contributed by atoms with Crippen LogP contribution in [0.4, 0.5) is 5.69 Å². The Morgan fingerprint density at radius 2 is 1.76 bits per heavy atom. The Labute approximate surface area is 200 Å². The molecule has 1 aromatic carbocycles. The fourth-order valence-electron chi connectivity index (χ4n) is 5.16. The number of carbonyl (C=O) groups excluding carboxylic acids is 3. The van der Waals surface area contributed by atoms with Gasteiger partial charge in [0.2, 0.25) is 5.91 Å². The summed E-state index contributed by atoms with van der Waals surface area (Å²) in [5.41, 5.74) is 1.75. The second-order valence-electron chi connectivity index (χ2n) is 9.78. The normalized spacial score (nSPS) is 21.4. The number of hydrogen-bond acceptors (Lipinski definition) is 5. The van der Waals surface area contributed by atoms with E-state index in [2.05, 4.69) is 10.4 Å². The molecule has 1 atom stereocenters. The summed E-state index contributed by atoms with van der Waals surface area (Å²) in [6, 6.07) is 7.36. The quantitative estimate of drug-likeness (QED) is 0.689. The zero-order valence-electron chi connectivity index (χ0n) is 20.5. The molecule has 0 unspecified atom stereocenters. The van der Waals surface area contributed by atoms with Gasteiger partial charge in [-0.3, -0.25) is 19.2 Å². The standard InChI is InChI=1S/C26H34N4O4/c1-17-12-13-21(18(2)14-17)30-23(31)22-15-20(24(32)34-4)28-29(22)16-26(30,3)25(33)27-19-10-8-6-5-7-9-11-19/h12-15,19H,5-11,16H2,1-4H3,(H,27,33)/t26-/m0/s1. The summed E-state index contributed by atoms with van der Waals surface area (Å²) in [6.07, 6.45) is 7.68. The third kappa shape index (κ3) is 4.45. The number of fused-ring (bicyclic) bond motifs is 1. The molecule has 1 N–H and O–H groups in total. The number of anilines is 1. The van der Waals surface area contributed by atoms with Gasteiger partial charge in [0.15, 0.2) is 5.69 Å². The number of aromatic nitrogens is 2. The third-order valence-electron chi connectivity index (χ3n) is 7.07. The first kappa shape index (κ1) is 24.0. The third-order valence-corrected chi connectivity index (χ3v) is 7.07. The number of amides is 2. The van der Waals surface area contributed by atoms with E-state index >= 15 is 0 Å². The van der Waals surface area contributed by atoms with Crippen molar-refractivity contribution in [1.29, 1.82) is 0 Å². The van der Waals surface area contributed by atoms with Crippen LogP contribution in [0.25, 0.3) is 0 Å². The van der Waals surface area contributed by atoms with E-state index in [4.69, 9.17) is 4.74 Å². The molecule has 8 heteroatoms. The van der Waals surface area contributed by atoms with E-state index in [1.165, 1.54) is 37.1 Å². The summed E-state index contributed by atoms with van der Waals surface area (Å²) in [4.78, 5) is 41.4. The average molecular weight is 467 g/mol. The number of ether oxygens (including phenoxy) is 1. The van der Waals surface area contributed by atoms with Crippen LogP contribution in [0.5, 0.6) is 0 Å². The lowest BCUT2D eigenvalue weighted by Crippen LogP contribution is -2.65. The summed E-state index contributed by atoms with van der Waals surface area (Å²) in [5, 5.41) is 7.56. The first-order valence-electron chi connectivity index (χ1n) is 12.1. The summed E-state index contributed by atoms with van der Waals surface area (Å²) < 4.78 is 6.26. The number of hydrogen-bond donors (Lipinski definition) is 1. The maximum absolute atomic E-state index is 13.9. The van der Waals surface area contributed by atoms with Crippen LogP contribution in [0.2, 0.25) is 0 Å². The van der Waals surface area contributed by atoms with Crippen molar-refractivity contribution in [3.8, 4) is 0 Å². The van der Waals surface area contributed by atoms with Crippen LogP contribution >= 0.6 is 0 Å². The maximum Gasteiger partial charge on any atom is 0.358 e. The molecule has 1 fully saturated rings. The van der Waals surface area contributed by atoms with E-state index in [1.54, 1.807) is 11.8 Å². The molecule has 0 radical (unpaired) electrons. The molecule has 2 aliphatic rings. The molecule has 1 aliphatic heterocycles. The van der Waals surface area contributed by atoms with Crippen molar-refractivity contribution in [3.05, 3.63) is 46.8 Å². The number of methoxy groups -OCH3 is 1. The molecule has 0 spiro atoms. The number of carbonyl (C=O) groups is 3. The van der Waals surface area contributed by atoms with Gasteiger partial charge in [-0.2, -0.15) is 5.10 Å². The van der Waals surface area contributed by atoms with Gasteiger partial charge in [0.05, 0.1) is 13.7 Å². The van der Waals surface area contributed by atoms with Crippen LogP contribution in [0.3, 0.4) is 0 Å². The van der Waals surface area contributed by atoms with Crippen molar-refractivity contribution in [2.24, 2.45) is 0 Å². The van der Waals surface area contributed by atoms with Gasteiger partial charge in [0, 0.05) is 17.8 Å². The van der Waals surface area contributed by atoms with Crippen LogP contribution in [0, 0.1) is 13.8 Å². The summed E-state index contributed by atoms with van der Waals surface area (Å²) in [7, 11) is 1.27. The highest BCUT2D eigenvalue weighted by Crippen LogP contribution is 2.35. The minimum Gasteiger partial charge on any atom is -0.464 e. The molecule has 182 valence electrons. The van der Waals surface area contributed by atoms with E-state index in [0.29, 0.717) is 5.69 Å². The van der Waals surface area contributed by atoms with Crippen LogP contribution in [0.1, 0.15) is 84.0 Å². The molecule has 2 heterocycles. The van der Waals surface area contributed by atoms with Gasteiger partial charge in [0.1, 0.15) is 11.2 Å². The summed E-state index contributed by atoms with van der Waals surface area (Å²) in [6.45, 7) is 5.85. The molecule has 34 heavy (non-hydrogen) atoms. The van der Waals surface area contributed by atoms with Crippen molar-refractivity contribution in [2.75, 3.05) is 12.0 Å². The molecule has 0 saturated heterocycles. The maximum atomic E-state index is 13.9. The number of rotatable bonds is 4. The lowest BCUT2D eigenvalue weighted by molar-refractivity contribution is -0.127. The zero-order chi connectivity index (χ0) is 24.5. The number of nitrogens with zero attached hydrogens (tertiary/aromatic N) is 3. The van der Waals surface area contributed by atoms with Crippen LogP contribution in [0.15, 0.2) is 24.3 Å². The van der Waals surface area contributed by atoms with Gasteiger partial charge < -0.3 is 10.1 Å². The van der Waals surface area contributed by atoms with Crippen molar-refractivity contribution >= 4 is 23.5 Å². The Morgan fingerprint density at radius 3 is 2.41 bits per heavy atom. The lowest BCUT2D eigenvalue weighted by Gasteiger charge is -2.44. The summed E-state index contributed by atoms with van der Waals surface area (Å²) >= 11 is 0. The Balaban J connectivity index is 1.75. The predicted molar refractivity (Wildman–Crippen MR) is 129 cm³/mol. The SMILES string of the molecule is COC(=O)c1cc2n(n1)C[C@@](C)(C(=O)NC1CCCCCCC1)N(c1ccc(C)cc1C)C2=O. The van der Waals surface area contributed by atoms with E-state index in [1.807, 2.05) is 32.0 Å².